The van der Waals surface area contributed by atoms with Crippen LogP contribution in [0.4, 0.5) is 5.69 Å². The number of amides is 1. The molecule has 0 bridgehead atoms. The van der Waals surface area contributed by atoms with Gasteiger partial charge in [-0.25, -0.2) is 21.6 Å². The van der Waals surface area contributed by atoms with Gasteiger partial charge in [0.2, 0.25) is 26.0 Å². The summed E-state index contributed by atoms with van der Waals surface area (Å²) < 4.78 is 67.3. The molecular weight excluding hydrogens is 542 g/mol. The van der Waals surface area contributed by atoms with Gasteiger partial charge in [-0.05, 0) is 79.4 Å². The summed E-state index contributed by atoms with van der Waals surface area (Å²) in [5.74, 6) is 0.637. The molecule has 210 valence electrons. The maximum absolute atomic E-state index is 13.6. The summed E-state index contributed by atoms with van der Waals surface area (Å²) in [6.07, 6.45) is 5.19. The second kappa shape index (κ2) is 12.3. The highest BCUT2D eigenvalue weighted by Gasteiger charge is 2.30. The van der Waals surface area contributed by atoms with Gasteiger partial charge in [0, 0.05) is 11.7 Å². The summed E-state index contributed by atoms with van der Waals surface area (Å²) in [4.78, 5) is 12.7. The largest absolute Gasteiger partial charge is 0.497 e. The SMILES string of the molecule is COc1ccc(NC(=O)CN(Cc2ccco2)S(=O)(=O)c2ccc(S(=O)(=O)N[C@@H]3CCCC[C@@H]3C)cc2)cc1. The molecule has 39 heavy (non-hydrogen) atoms. The lowest BCUT2D eigenvalue weighted by Crippen LogP contribution is -2.41. The second-order valence-corrected chi connectivity index (χ2v) is 13.2. The Labute approximate surface area is 229 Å². The average Bonchev–Trinajstić information content (AvgIpc) is 3.43. The molecule has 0 unspecified atom stereocenters. The molecule has 1 saturated carbocycles. The smallest absolute Gasteiger partial charge is 0.243 e. The molecule has 1 aliphatic rings. The zero-order valence-electron chi connectivity index (χ0n) is 21.9. The van der Waals surface area contributed by atoms with Gasteiger partial charge in [0.15, 0.2) is 0 Å². The fourth-order valence-electron chi connectivity index (χ4n) is 4.54. The molecule has 10 nitrogen and oxygen atoms in total. The fraction of sp³-hybridized carbons (Fsp3) is 0.370. The first-order valence-electron chi connectivity index (χ1n) is 12.7. The topological polar surface area (TPSA) is 135 Å². The number of sulfonamides is 2. The molecule has 0 aliphatic heterocycles. The van der Waals surface area contributed by atoms with Gasteiger partial charge in [-0.15, -0.1) is 0 Å². The number of hydrogen-bond acceptors (Lipinski definition) is 7. The summed E-state index contributed by atoms with van der Waals surface area (Å²) >= 11 is 0. The molecule has 1 fully saturated rings. The van der Waals surface area contributed by atoms with Crippen LogP contribution in [0.15, 0.2) is 81.1 Å². The molecule has 0 radical (unpaired) electrons. The highest BCUT2D eigenvalue weighted by atomic mass is 32.2. The van der Waals surface area contributed by atoms with Crippen molar-refractivity contribution in [2.24, 2.45) is 5.92 Å². The molecule has 3 aromatic rings. The number of ether oxygens (including phenoxy) is 1. The van der Waals surface area contributed by atoms with Gasteiger partial charge in [0.05, 0.1) is 36.3 Å². The van der Waals surface area contributed by atoms with Crippen molar-refractivity contribution >= 4 is 31.6 Å². The Kier molecular flexibility index (Phi) is 9.11. The van der Waals surface area contributed by atoms with Gasteiger partial charge < -0.3 is 14.5 Å². The van der Waals surface area contributed by atoms with E-state index < -0.39 is 32.5 Å². The van der Waals surface area contributed by atoms with Crippen molar-refractivity contribution in [2.75, 3.05) is 19.0 Å². The van der Waals surface area contributed by atoms with Crippen molar-refractivity contribution in [3.63, 3.8) is 0 Å². The van der Waals surface area contributed by atoms with E-state index in [1.165, 1.54) is 37.6 Å². The lowest BCUT2D eigenvalue weighted by atomic mass is 9.87. The number of anilines is 1. The van der Waals surface area contributed by atoms with Crippen LogP contribution in [0.1, 0.15) is 38.4 Å². The highest BCUT2D eigenvalue weighted by molar-refractivity contribution is 7.89. The number of nitrogens with one attached hydrogen (secondary N) is 2. The maximum atomic E-state index is 13.6. The van der Waals surface area contributed by atoms with Gasteiger partial charge in [-0.2, -0.15) is 4.31 Å². The molecular formula is C27H33N3O7S2. The van der Waals surface area contributed by atoms with E-state index in [0.29, 0.717) is 17.2 Å². The molecule has 2 N–H and O–H groups in total. The predicted molar refractivity (Wildman–Crippen MR) is 146 cm³/mol. The lowest BCUT2D eigenvalue weighted by Gasteiger charge is -2.29. The fourth-order valence-corrected chi connectivity index (χ4v) is 7.28. The molecule has 1 aliphatic carbocycles. The summed E-state index contributed by atoms with van der Waals surface area (Å²) in [5, 5.41) is 2.68. The molecule has 12 heteroatoms. The molecule has 2 atom stereocenters. The van der Waals surface area contributed by atoms with Crippen LogP contribution >= 0.6 is 0 Å². The first-order chi connectivity index (χ1) is 18.6. The summed E-state index contributed by atoms with van der Waals surface area (Å²) in [6.45, 7) is 1.35. The Morgan fingerprint density at radius 1 is 0.974 bits per heavy atom. The van der Waals surface area contributed by atoms with E-state index >= 15 is 0 Å². The lowest BCUT2D eigenvalue weighted by molar-refractivity contribution is -0.116. The minimum Gasteiger partial charge on any atom is -0.497 e. The Morgan fingerprint density at radius 2 is 1.64 bits per heavy atom. The van der Waals surface area contributed by atoms with Crippen LogP contribution in [0.25, 0.3) is 0 Å². The molecule has 0 spiro atoms. The number of methoxy groups -OCH3 is 1. The number of rotatable bonds is 11. The number of carbonyl (C=O) groups is 1. The van der Waals surface area contributed by atoms with Crippen molar-refractivity contribution in [3.05, 3.63) is 72.7 Å². The molecule has 1 aromatic heterocycles. The van der Waals surface area contributed by atoms with E-state index in [1.807, 2.05) is 6.92 Å². The Morgan fingerprint density at radius 3 is 2.26 bits per heavy atom. The van der Waals surface area contributed by atoms with E-state index in [1.54, 1.807) is 36.4 Å². The van der Waals surface area contributed by atoms with Crippen molar-refractivity contribution in [1.29, 1.82) is 0 Å². The van der Waals surface area contributed by atoms with Gasteiger partial charge in [0.25, 0.3) is 0 Å². The standard InChI is InChI=1S/C27H33N3O7S2/c1-20-6-3-4-8-26(20)29-38(32,33)24-13-15-25(16-14-24)39(34,35)30(18-23-7-5-17-37-23)19-27(31)28-21-9-11-22(36-2)12-10-21/h5,7,9-17,20,26,29H,3-4,6,8,18-19H2,1-2H3,(H,28,31)/t20-,26+/m0/s1. The van der Waals surface area contributed by atoms with E-state index in [9.17, 15) is 21.6 Å². The summed E-state index contributed by atoms with van der Waals surface area (Å²) in [6, 6.07) is 14.7. The van der Waals surface area contributed by atoms with Crippen molar-refractivity contribution in [1.82, 2.24) is 9.03 Å². The minimum absolute atomic E-state index is 0.0194. The van der Waals surface area contributed by atoms with Crippen molar-refractivity contribution < 1.29 is 30.8 Å². The maximum Gasteiger partial charge on any atom is 0.243 e. The zero-order valence-corrected chi connectivity index (χ0v) is 23.5. The van der Waals surface area contributed by atoms with E-state index in [4.69, 9.17) is 9.15 Å². The summed E-state index contributed by atoms with van der Waals surface area (Å²) in [7, 11) is -6.49. The number of nitrogens with zero attached hydrogens (tertiary/aromatic N) is 1. The summed E-state index contributed by atoms with van der Waals surface area (Å²) in [5.41, 5.74) is 0.477. The molecule has 4 rings (SSSR count). The van der Waals surface area contributed by atoms with Crippen LogP contribution in [0.5, 0.6) is 5.75 Å². The van der Waals surface area contributed by atoms with Crippen molar-refractivity contribution in [3.8, 4) is 5.75 Å². The van der Waals surface area contributed by atoms with Crippen LogP contribution in [0, 0.1) is 5.92 Å². The van der Waals surface area contributed by atoms with Crippen LogP contribution in [-0.4, -0.2) is 46.7 Å². The molecule has 1 amide bonds. The molecule has 1 heterocycles. The Balaban J connectivity index is 1.52. The third-order valence-corrected chi connectivity index (χ3v) is 10.1. The number of benzene rings is 2. The van der Waals surface area contributed by atoms with E-state index in [2.05, 4.69) is 10.0 Å². The second-order valence-electron chi connectivity index (χ2n) is 9.59. The predicted octanol–water partition coefficient (Wildman–Crippen LogP) is 3.97. The third-order valence-electron chi connectivity index (χ3n) is 6.80. The molecule has 2 aromatic carbocycles. The van der Waals surface area contributed by atoms with Gasteiger partial charge >= 0.3 is 0 Å². The number of hydrogen-bond donors (Lipinski definition) is 2. The Bertz CT molecular complexity index is 1450. The first-order valence-corrected chi connectivity index (χ1v) is 15.6. The normalized spacial score (nSPS) is 18.1. The number of furan rings is 1. The van der Waals surface area contributed by atoms with Crippen molar-refractivity contribution in [2.45, 2.75) is 55.0 Å². The minimum atomic E-state index is -4.20. The average molecular weight is 576 g/mol. The molecule has 0 saturated heterocycles. The van der Waals surface area contributed by atoms with Crippen LogP contribution in [0.2, 0.25) is 0 Å². The van der Waals surface area contributed by atoms with Crippen LogP contribution in [-0.2, 0) is 31.4 Å². The quantitative estimate of drug-likeness (QED) is 0.353. The van der Waals surface area contributed by atoms with Gasteiger partial charge in [-0.3, -0.25) is 4.79 Å². The third kappa shape index (κ3) is 7.27. The first kappa shape index (κ1) is 28.8. The number of carbonyl (C=O) groups excluding carboxylic acids is 1. The Hall–Kier alpha value is -3.19. The zero-order chi connectivity index (χ0) is 28.0. The van der Waals surface area contributed by atoms with E-state index in [0.717, 1.165) is 30.0 Å². The highest BCUT2D eigenvalue weighted by Crippen LogP contribution is 2.26. The van der Waals surface area contributed by atoms with Gasteiger partial charge in [0.1, 0.15) is 11.5 Å². The van der Waals surface area contributed by atoms with Crippen LogP contribution in [0.3, 0.4) is 0 Å². The van der Waals surface area contributed by atoms with Gasteiger partial charge in [-0.1, -0.05) is 19.8 Å². The van der Waals surface area contributed by atoms with Crippen LogP contribution < -0.4 is 14.8 Å². The monoisotopic (exact) mass is 575 g/mol. The van der Waals surface area contributed by atoms with E-state index in [-0.39, 0.29) is 28.3 Å².